The highest BCUT2D eigenvalue weighted by molar-refractivity contribution is 4.53. The van der Waals surface area contributed by atoms with Gasteiger partial charge < -0.3 is 40.0 Å². The highest BCUT2D eigenvalue weighted by atomic mass is 15.3. The standard InChI is InChI=1S/C12H29N2.C10H25N3.C8H20N.2C7H17N/c1-6-7-8-11-14(4,5)12-9-10-13(2)3;1-12(2)9-5-7-11-8-6-10-13(3)4;1-5-6-7-8-9(2,3)4;1-4-8-6-5-7(2)3;1-3-4-5-6-7(2)8/h6-12H2,1-5H3;11H,5-10H2,1-4H3;5-8H2,1-4H3;7-8H,4-6H2,1-3H3;7H,3-6,8H2,1-2H3/q+1;;+1;;. The molecule has 52 heavy (non-hydrogen) atoms. The predicted molar refractivity (Wildman–Crippen MR) is 242 cm³/mol. The largest absolute Gasteiger partial charge is 0.331 e. The zero-order chi connectivity index (χ0) is 41.3. The fraction of sp³-hybridized carbons (Fsp3) is 1.00. The van der Waals surface area contributed by atoms with Gasteiger partial charge in [0.2, 0.25) is 0 Å². The van der Waals surface area contributed by atoms with Crippen LogP contribution in [0, 0.1) is 5.92 Å². The van der Waals surface area contributed by atoms with Crippen LogP contribution in [-0.4, -0.2) is 173 Å². The van der Waals surface area contributed by atoms with Crippen LogP contribution in [-0.2, 0) is 0 Å². The topological polar surface area (TPSA) is 59.8 Å². The van der Waals surface area contributed by atoms with Crippen LogP contribution >= 0.6 is 0 Å². The van der Waals surface area contributed by atoms with E-state index < -0.39 is 0 Å². The Hall–Kier alpha value is -0.320. The Bertz CT molecular complexity index is 590. The smallest absolute Gasteiger partial charge is 0.0794 e. The molecule has 0 aliphatic carbocycles. The second-order valence-corrected chi connectivity index (χ2v) is 18.0. The van der Waals surface area contributed by atoms with E-state index in [-0.39, 0.29) is 0 Å². The molecule has 8 heteroatoms. The maximum atomic E-state index is 5.53. The van der Waals surface area contributed by atoms with Gasteiger partial charge in [-0.25, -0.2) is 0 Å². The molecule has 322 valence electrons. The van der Waals surface area contributed by atoms with E-state index in [1.54, 1.807) is 0 Å². The third-order valence-electron chi connectivity index (χ3n) is 8.50. The van der Waals surface area contributed by atoms with Crippen molar-refractivity contribution < 1.29 is 8.97 Å². The van der Waals surface area contributed by atoms with Crippen LogP contribution in [0.4, 0.5) is 0 Å². The molecule has 0 bridgehead atoms. The lowest BCUT2D eigenvalue weighted by Crippen LogP contribution is -2.42. The normalized spacial score (nSPS) is 12.1. The highest BCUT2D eigenvalue weighted by Crippen LogP contribution is 2.05. The molecule has 1 atom stereocenters. The molecule has 0 aromatic carbocycles. The summed E-state index contributed by atoms with van der Waals surface area (Å²) in [5.74, 6) is 0.842. The Morgan fingerprint density at radius 1 is 0.481 bits per heavy atom. The molecule has 0 amide bonds. The van der Waals surface area contributed by atoms with Gasteiger partial charge in [-0.05, 0) is 146 Å². The van der Waals surface area contributed by atoms with Crippen LogP contribution in [0.1, 0.15) is 138 Å². The Kier molecular flexibility index (Phi) is 52.8. The fourth-order valence-corrected chi connectivity index (χ4v) is 5.00. The second kappa shape index (κ2) is 45.1. The lowest BCUT2D eigenvalue weighted by Gasteiger charge is -2.30. The van der Waals surface area contributed by atoms with Crippen LogP contribution < -0.4 is 16.4 Å². The maximum absolute atomic E-state index is 5.53. The van der Waals surface area contributed by atoms with Crippen molar-refractivity contribution in [2.24, 2.45) is 11.7 Å². The third-order valence-corrected chi connectivity index (χ3v) is 8.50. The summed E-state index contributed by atoms with van der Waals surface area (Å²) < 4.78 is 2.30. The first-order valence-corrected chi connectivity index (χ1v) is 21.9. The second-order valence-electron chi connectivity index (χ2n) is 18.0. The van der Waals surface area contributed by atoms with Crippen molar-refractivity contribution in [1.29, 1.82) is 0 Å². The van der Waals surface area contributed by atoms with Crippen LogP contribution in [0.5, 0.6) is 0 Å². The van der Waals surface area contributed by atoms with Crippen molar-refractivity contribution in [3.63, 3.8) is 0 Å². The minimum atomic E-state index is 0.404. The minimum Gasteiger partial charge on any atom is -0.331 e. The molecule has 0 aromatic heterocycles. The van der Waals surface area contributed by atoms with Crippen LogP contribution in [0.15, 0.2) is 0 Å². The molecular weight excluding hydrogens is 641 g/mol. The van der Waals surface area contributed by atoms with Crippen molar-refractivity contribution >= 4 is 0 Å². The summed E-state index contributed by atoms with van der Waals surface area (Å²) in [6.07, 6.45) is 18.4. The molecule has 1 unspecified atom stereocenters. The predicted octanol–water partition coefficient (Wildman–Crippen LogP) is 8.12. The number of quaternary nitrogens is 2. The fourth-order valence-electron chi connectivity index (χ4n) is 5.00. The summed E-state index contributed by atoms with van der Waals surface area (Å²) in [6.45, 7) is 27.5. The first kappa shape index (κ1) is 60.9. The number of nitrogens with two attached hydrogens (primary N) is 1. The molecule has 0 aromatic rings. The number of nitrogens with zero attached hydrogens (tertiary/aromatic N) is 5. The zero-order valence-corrected chi connectivity index (χ0v) is 39.9. The molecule has 0 rings (SSSR count). The molecule has 0 aliphatic heterocycles. The number of hydrogen-bond acceptors (Lipinski definition) is 6. The van der Waals surface area contributed by atoms with Gasteiger partial charge in [-0.3, -0.25) is 0 Å². The third kappa shape index (κ3) is 78.7. The van der Waals surface area contributed by atoms with Gasteiger partial charge in [-0.15, -0.1) is 0 Å². The van der Waals surface area contributed by atoms with Gasteiger partial charge in [-0.1, -0.05) is 73.6 Å². The molecule has 0 heterocycles. The Morgan fingerprint density at radius 3 is 1.25 bits per heavy atom. The van der Waals surface area contributed by atoms with E-state index in [0.29, 0.717) is 6.04 Å². The summed E-state index contributed by atoms with van der Waals surface area (Å²) in [4.78, 5) is 6.72. The molecule has 0 spiro atoms. The van der Waals surface area contributed by atoms with Crippen LogP contribution in [0.25, 0.3) is 0 Å². The monoisotopic (exact) mass is 749 g/mol. The molecular formula is C44H108N8+2. The van der Waals surface area contributed by atoms with E-state index >= 15 is 0 Å². The van der Waals surface area contributed by atoms with Gasteiger partial charge in [0.25, 0.3) is 0 Å². The summed E-state index contributed by atoms with van der Waals surface area (Å²) in [5, 5.41) is 6.72. The lowest BCUT2D eigenvalue weighted by atomic mass is 10.1. The Balaban J connectivity index is -0.000000181. The molecule has 4 N–H and O–H groups in total. The molecule has 8 nitrogen and oxygen atoms in total. The van der Waals surface area contributed by atoms with Crippen molar-refractivity contribution in [1.82, 2.24) is 25.3 Å². The van der Waals surface area contributed by atoms with Crippen molar-refractivity contribution in [3.05, 3.63) is 0 Å². The van der Waals surface area contributed by atoms with Gasteiger partial charge in [-0.2, -0.15) is 0 Å². The van der Waals surface area contributed by atoms with E-state index in [1.807, 2.05) is 0 Å². The average Bonchev–Trinajstić information content (AvgIpc) is 3.01. The summed E-state index contributed by atoms with van der Waals surface area (Å²) in [5.41, 5.74) is 5.53. The molecule has 0 radical (unpaired) electrons. The van der Waals surface area contributed by atoms with Crippen LogP contribution in [0.3, 0.4) is 0 Å². The summed E-state index contributed by atoms with van der Waals surface area (Å²) in [7, 11) is 24.2. The SMILES string of the molecule is CCCCCC(C)N.CCCCC[N+](C)(C)C.CCCCC[N+](C)(C)CCCN(C)C.CCNCCC(C)C.CN(C)CCCNCCCN(C)C. The van der Waals surface area contributed by atoms with E-state index in [2.05, 4.69) is 151 Å². The first-order valence-electron chi connectivity index (χ1n) is 21.9. The molecule has 0 fully saturated rings. The highest BCUT2D eigenvalue weighted by Gasteiger charge is 2.13. The number of rotatable bonds is 28. The van der Waals surface area contributed by atoms with Crippen molar-refractivity contribution in [3.8, 4) is 0 Å². The molecule has 0 saturated heterocycles. The number of nitrogens with one attached hydrogen (secondary N) is 2. The van der Waals surface area contributed by atoms with Crippen molar-refractivity contribution in [2.75, 3.05) is 143 Å². The van der Waals surface area contributed by atoms with Crippen molar-refractivity contribution in [2.45, 2.75) is 144 Å². The lowest BCUT2D eigenvalue weighted by molar-refractivity contribution is -0.890. The Labute approximate surface area is 332 Å². The van der Waals surface area contributed by atoms with Gasteiger partial charge in [0.05, 0.1) is 54.9 Å². The first-order chi connectivity index (χ1) is 24.2. The zero-order valence-electron chi connectivity index (χ0n) is 39.9. The summed E-state index contributed by atoms with van der Waals surface area (Å²) >= 11 is 0. The summed E-state index contributed by atoms with van der Waals surface area (Å²) in [6, 6.07) is 0.404. The maximum Gasteiger partial charge on any atom is 0.0794 e. The quantitative estimate of drug-likeness (QED) is 0.0556. The molecule has 0 aliphatic rings. The minimum absolute atomic E-state index is 0.404. The van der Waals surface area contributed by atoms with E-state index in [9.17, 15) is 0 Å². The van der Waals surface area contributed by atoms with E-state index in [0.717, 1.165) is 30.0 Å². The van der Waals surface area contributed by atoms with Gasteiger partial charge in [0, 0.05) is 19.0 Å². The van der Waals surface area contributed by atoms with E-state index in [1.165, 1.54) is 140 Å². The molecule has 0 saturated carbocycles. The van der Waals surface area contributed by atoms with Crippen LogP contribution in [0.2, 0.25) is 0 Å². The van der Waals surface area contributed by atoms with Gasteiger partial charge in [0.15, 0.2) is 0 Å². The van der Waals surface area contributed by atoms with Gasteiger partial charge >= 0.3 is 0 Å². The van der Waals surface area contributed by atoms with Gasteiger partial charge in [0.1, 0.15) is 0 Å². The average molecular weight is 749 g/mol. The number of hydrogen-bond donors (Lipinski definition) is 3. The number of unbranched alkanes of at least 4 members (excludes halogenated alkanes) is 6. The Morgan fingerprint density at radius 2 is 0.885 bits per heavy atom. The van der Waals surface area contributed by atoms with E-state index in [4.69, 9.17) is 5.73 Å².